The molecular weight excluding hydrogens is 200 g/mol. The topological polar surface area (TPSA) is 72.8 Å². The van der Waals surface area contributed by atoms with Crippen molar-refractivity contribution in [3.63, 3.8) is 0 Å². The van der Waals surface area contributed by atoms with Crippen molar-refractivity contribution in [3.8, 4) is 0 Å². The smallest absolute Gasteiger partial charge is 0.305 e. The molecule has 0 aliphatic heterocycles. The molecule has 0 heterocycles. The fraction of sp³-hybridized carbons (Fsp3) is 0.800. The van der Waals surface area contributed by atoms with Crippen LogP contribution >= 0.6 is 0 Å². The van der Waals surface area contributed by atoms with E-state index in [2.05, 4.69) is 4.74 Å². The highest BCUT2D eigenvalue weighted by Crippen LogP contribution is 2.11. The highest BCUT2D eigenvalue weighted by atomic mass is 16.5. The molecule has 1 atom stereocenters. The van der Waals surface area contributed by atoms with Gasteiger partial charge in [0.2, 0.25) is 0 Å². The van der Waals surface area contributed by atoms with Gasteiger partial charge in [0.15, 0.2) is 0 Å². The number of carboxylic acid groups (broad SMARTS) is 1. The summed E-state index contributed by atoms with van der Waals surface area (Å²) in [5, 5.41) is 8.63. The van der Waals surface area contributed by atoms with E-state index in [0.29, 0.717) is 0 Å². The molecule has 0 radical (unpaired) electrons. The second-order valence-electron chi connectivity index (χ2n) is 3.63. The molecule has 0 bridgehead atoms. The minimum absolute atomic E-state index is 0.0268. The van der Waals surface area contributed by atoms with Crippen LogP contribution < -0.4 is 0 Å². The van der Waals surface area contributed by atoms with Gasteiger partial charge in [-0.3, -0.25) is 9.59 Å². The molecule has 5 heteroatoms. The second-order valence-corrected chi connectivity index (χ2v) is 3.63. The lowest BCUT2D eigenvalue weighted by Crippen LogP contribution is -2.20. The highest BCUT2D eigenvalue weighted by Gasteiger charge is 2.18. The minimum Gasteiger partial charge on any atom is -0.481 e. The van der Waals surface area contributed by atoms with E-state index in [0.717, 1.165) is 0 Å². The highest BCUT2D eigenvalue weighted by molar-refractivity contribution is 5.72. The maximum atomic E-state index is 11.0. The van der Waals surface area contributed by atoms with Crippen LogP contribution in [-0.2, 0) is 19.1 Å². The molecule has 0 aromatic carbocycles. The summed E-state index contributed by atoms with van der Waals surface area (Å²) in [6.07, 6.45) is 0.0242. The fourth-order valence-electron chi connectivity index (χ4n) is 1.08. The molecular formula is C10H18O5. The molecule has 0 aromatic heterocycles. The summed E-state index contributed by atoms with van der Waals surface area (Å²) in [6.45, 7) is 3.98. The van der Waals surface area contributed by atoms with Gasteiger partial charge < -0.3 is 14.6 Å². The molecule has 0 spiro atoms. The van der Waals surface area contributed by atoms with Gasteiger partial charge in [0.25, 0.3) is 0 Å². The number of hydrogen-bond acceptors (Lipinski definition) is 4. The van der Waals surface area contributed by atoms with Crippen LogP contribution in [0.1, 0.15) is 26.7 Å². The number of carbonyl (C=O) groups is 2. The summed E-state index contributed by atoms with van der Waals surface area (Å²) in [7, 11) is 1.28. The Morgan fingerprint density at radius 3 is 2.27 bits per heavy atom. The Hall–Kier alpha value is -1.10. The zero-order valence-corrected chi connectivity index (χ0v) is 9.36. The Kier molecular flexibility index (Phi) is 6.70. The van der Waals surface area contributed by atoms with E-state index < -0.39 is 11.9 Å². The van der Waals surface area contributed by atoms with Crippen molar-refractivity contribution >= 4 is 11.9 Å². The largest absolute Gasteiger partial charge is 0.481 e. The molecule has 0 aliphatic rings. The number of rotatable bonds is 7. The molecule has 0 aliphatic carbocycles. The van der Waals surface area contributed by atoms with Crippen molar-refractivity contribution in [1.82, 2.24) is 0 Å². The zero-order valence-electron chi connectivity index (χ0n) is 9.36. The molecule has 0 aromatic rings. The van der Waals surface area contributed by atoms with Gasteiger partial charge in [-0.2, -0.15) is 0 Å². The second kappa shape index (κ2) is 7.23. The number of carbonyl (C=O) groups excluding carboxylic acids is 1. The van der Waals surface area contributed by atoms with Crippen LogP contribution in [0.3, 0.4) is 0 Å². The standard InChI is InChI=1S/C10H18O5/c1-7(2)15-6-8(4-9(11)12)5-10(13)14-3/h7-8H,4-6H2,1-3H3,(H,11,12). The van der Waals surface area contributed by atoms with Gasteiger partial charge in [-0.25, -0.2) is 0 Å². The number of aliphatic carboxylic acids is 1. The van der Waals surface area contributed by atoms with Crippen molar-refractivity contribution in [2.45, 2.75) is 32.8 Å². The van der Waals surface area contributed by atoms with E-state index in [1.54, 1.807) is 0 Å². The van der Waals surface area contributed by atoms with Crippen molar-refractivity contribution < 1.29 is 24.2 Å². The Morgan fingerprint density at radius 1 is 1.27 bits per heavy atom. The number of esters is 1. The van der Waals surface area contributed by atoms with Crippen molar-refractivity contribution in [3.05, 3.63) is 0 Å². The van der Waals surface area contributed by atoms with Gasteiger partial charge in [0, 0.05) is 5.92 Å². The van der Waals surface area contributed by atoms with Crippen LogP contribution in [0.4, 0.5) is 0 Å². The normalized spacial score (nSPS) is 12.5. The molecule has 0 amide bonds. The molecule has 5 nitrogen and oxygen atoms in total. The SMILES string of the molecule is COC(=O)CC(COC(C)C)CC(=O)O. The first-order valence-electron chi connectivity index (χ1n) is 4.86. The molecule has 0 saturated heterocycles. The van der Waals surface area contributed by atoms with Gasteiger partial charge in [0.1, 0.15) is 0 Å². The Balaban J connectivity index is 4.05. The van der Waals surface area contributed by atoms with Gasteiger partial charge in [-0.15, -0.1) is 0 Å². The predicted molar refractivity (Wildman–Crippen MR) is 53.5 cm³/mol. The maximum Gasteiger partial charge on any atom is 0.305 e. The summed E-state index contributed by atoms with van der Waals surface area (Å²) >= 11 is 0. The quantitative estimate of drug-likeness (QED) is 0.647. The number of ether oxygens (including phenoxy) is 2. The van der Waals surface area contributed by atoms with Crippen molar-refractivity contribution in [2.24, 2.45) is 5.92 Å². The number of methoxy groups -OCH3 is 1. The monoisotopic (exact) mass is 218 g/mol. The van der Waals surface area contributed by atoms with Gasteiger partial charge in [-0.05, 0) is 13.8 Å². The summed E-state index contributed by atoms with van der Waals surface area (Å²) in [5.41, 5.74) is 0. The van der Waals surface area contributed by atoms with Crippen LogP contribution in [0.2, 0.25) is 0 Å². The summed E-state index contributed by atoms with van der Waals surface area (Å²) < 4.78 is 9.76. The van der Waals surface area contributed by atoms with Crippen molar-refractivity contribution in [1.29, 1.82) is 0 Å². The third-order valence-electron chi connectivity index (χ3n) is 1.81. The van der Waals surface area contributed by atoms with E-state index >= 15 is 0 Å². The maximum absolute atomic E-state index is 11.0. The lowest BCUT2D eigenvalue weighted by molar-refractivity contribution is -0.144. The van der Waals surface area contributed by atoms with Crippen molar-refractivity contribution in [2.75, 3.05) is 13.7 Å². The summed E-state index contributed by atoms with van der Waals surface area (Å²) in [4.78, 5) is 21.5. The minimum atomic E-state index is -0.934. The predicted octanol–water partition coefficient (Wildman–Crippen LogP) is 1.07. The fourth-order valence-corrected chi connectivity index (χ4v) is 1.08. The van der Waals surface area contributed by atoms with Crippen LogP contribution in [0.5, 0.6) is 0 Å². The Bertz CT molecular complexity index is 212. The number of carboxylic acids is 1. The van der Waals surface area contributed by atoms with E-state index in [1.165, 1.54) is 7.11 Å². The lowest BCUT2D eigenvalue weighted by atomic mass is 10.0. The number of hydrogen-bond donors (Lipinski definition) is 1. The van der Waals surface area contributed by atoms with E-state index in [1.807, 2.05) is 13.8 Å². The average molecular weight is 218 g/mol. The van der Waals surface area contributed by atoms with Crippen LogP contribution in [0, 0.1) is 5.92 Å². The first-order chi connectivity index (χ1) is 6.95. The molecule has 15 heavy (non-hydrogen) atoms. The lowest BCUT2D eigenvalue weighted by Gasteiger charge is -2.15. The summed E-state index contributed by atoms with van der Waals surface area (Å²) in [5.74, 6) is -1.66. The molecule has 0 fully saturated rings. The third kappa shape index (κ3) is 7.93. The van der Waals surface area contributed by atoms with E-state index in [9.17, 15) is 9.59 Å². The summed E-state index contributed by atoms with van der Waals surface area (Å²) in [6, 6.07) is 0. The Labute approximate surface area is 89.4 Å². The first-order valence-corrected chi connectivity index (χ1v) is 4.86. The van der Waals surface area contributed by atoms with Gasteiger partial charge in [-0.1, -0.05) is 0 Å². The average Bonchev–Trinajstić information content (AvgIpc) is 2.13. The zero-order chi connectivity index (χ0) is 11.8. The molecule has 88 valence electrons. The van der Waals surface area contributed by atoms with Gasteiger partial charge >= 0.3 is 11.9 Å². The first kappa shape index (κ1) is 13.9. The molecule has 1 unspecified atom stereocenters. The third-order valence-corrected chi connectivity index (χ3v) is 1.81. The van der Waals surface area contributed by atoms with Crippen LogP contribution in [0.15, 0.2) is 0 Å². The Morgan fingerprint density at radius 2 is 1.87 bits per heavy atom. The van der Waals surface area contributed by atoms with Crippen LogP contribution in [-0.4, -0.2) is 36.9 Å². The molecule has 0 rings (SSSR count). The van der Waals surface area contributed by atoms with Gasteiger partial charge in [0.05, 0.1) is 32.7 Å². The van der Waals surface area contributed by atoms with E-state index in [-0.39, 0.29) is 31.5 Å². The molecule has 0 saturated carbocycles. The molecule has 1 N–H and O–H groups in total. The van der Waals surface area contributed by atoms with E-state index in [4.69, 9.17) is 9.84 Å². The van der Waals surface area contributed by atoms with Crippen LogP contribution in [0.25, 0.3) is 0 Å².